The van der Waals surface area contributed by atoms with Crippen molar-refractivity contribution in [1.29, 1.82) is 0 Å². The molecule has 2 aromatic rings. The van der Waals surface area contributed by atoms with Gasteiger partial charge in [-0.2, -0.15) is 0 Å². The van der Waals surface area contributed by atoms with Crippen molar-refractivity contribution in [2.24, 2.45) is 0 Å². The monoisotopic (exact) mass is 309 g/mol. The van der Waals surface area contributed by atoms with Gasteiger partial charge in [-0.05, 0) is 29.5 Å². The maximum absolute atomic E-state index is 12.5. The first-order valence-electron chi connectivity index (χ1n) is 7.80. The predicted octanol–water partition coefficient (Wildman–Crippen LogP) is 2.70. The van der Waals surface area contributed by atoms with Crippen molar-refractivity contribution in [2.45, 2.75) is 24.7 Å². The highest BCUT2D eigenvalue weighted by molar-refractivity contribution is 5.86. The maximum Gasteiger partial charge on any atom is 0.312 e. The number of carboxylic acids is 1. The molecule has 0 spiro atoms. The summed E-state index contributed by atoms with van der Waals surface area (Å²) in [6.07, 6.45) is 1.68. The van der Waals surface area contributed by atoms with Gasteiger partial charge in [0.15, 0.2) is 0 Å². The number of amides is 1. The van der Waals surface area contributed by atoms with Crippen LogP contribution in [0.1, 0.15) is 34.9 Å². The molecule has 0 saturated carbocycles. The van der Waals surface area contributed by atoms with Gasteiger partial charge in [0.1, 0.15) is 0 Å². The third-order valence-electron chi connectivity index (χ3n) is 4.43. The second kappa shape index (κ2) is 6.65. The van der Waals surface area contributed by atoms with Gasteiger partial charge in [0, 0.05) is 6.54 Å². The van der Waals surface area contributed by atoms with E-state index in [2.05, 4.69) is 5.32 Å². The lowest BCUT2D eigenvalue weighted by Crippen LogP contribution is -2.34. The van der Waals surface area contributed by atoms with Gasteiger partial charge in [0.2, 0.25) is 5.91 Å². The summed E-state index contributed by atoms with van der Waals surface area (Å²) in [4.78, 5) is 23.9. The average molecular weight is 309 g/mol. The zero-order valence-corrected chi connectivity index (χ0v) is 12.7. The average Bonchev–Trinajstić information content (AvgIpc) is 2.99. The lowest BCUT2D eigenvalue weighted by atomic mass is 9.97. The Balaban J connectivity index is 1.68. The number of benzene rings is 2. The van der Waals surface area contributed by atoms with E-state index < -0.39 is 11.9 Å². The third-order valence-corrected chi connectivity index (χ3v) is 4.43. The van der Waals surface area contributed by atoms with Gasteiger partial charge < -0.3 is 10.4 Å². The number of rotatable bonds is 5. The van der Waals surface area contributed by atoms with Crippen molar-refractivity contribution < 1.29 is 14.7 Å². The molecule has 0 heterocycles. The van der Waals surface area contributed by atoms with Crippen LogP contribution >= 0.6 is 0 Å². The van der Waals surface area contributed by atoms with Crippen LogP contribution < -0.4 is 5.32 Å². The van der Waals surface area contributed by atoms with E-state index in [9.17, 15) is 14.7 Å². The molecule has 0 fully saturated rings. The minimum atomic E-state index is -0.927. The van der Waals surface area contributed by atoms with Gasteiger partial charge in [-0.25, -0.2) is 0 Å². The minimum absolute atomic E-state index is 0.0860. The van der Waals surface area contributed by atoms with E-state index in [1.807, 2.05) is 30.3 Å². The number of carbonyl (C=O) groups is 2. The van der Waals surface area contributed by atoms with Crippen LogP contribution in [0.3, 0.4) is 0 Å². The molecule has 1 aliphatic rings. The first-order valence-corrected chi connectivity index (χ1v) is 7.80. The van der Waals surface area contributed by atoms with Crippen molar-refractivity contribution in [2.75, 3.05) is 6.54 Å². The van der Waals surface area contributed by atoms with Crippen LogP contribution in [0.25, 0.3) is 0 Å². The summed E-state index contributed by atoms with van der Waals surface area (Å²) < 4.78 is 0. The summed E-state index contributed by atoms with van der Waals surface area (Å²) in [6.45, 7) is 0.108. The van der Waals surface area contributed by atoms with E-state index in [1.165, 1.54) is 5.56 Å². The van der Waals surface area contributed by atoms with Crippen LogP contribution in [0.4, 0.5) is 0 Å². The number of carbonyl (C=O) groups excluding carboxylic acids is 1. The third kappa shape index (κ3) is 3.26. The Kier molecular flexibility index (Phi) is 4.42. The van der Waals surface area contributed by atoms with Crippen LogP contribution in [-0.4, -0.2) is 23.5 Å². The molecule has 0 aromatic heterocycles. The predicted molar refractivity (Wildman–Crippen MR) is 87.3 cm³/mol. The Morgan fingerprint density at radius 3 is 2.52 bits per heavy atom. The maximum atomic E-state index is 12.5. The van der Waals surface area contributed by atoms with Crippen LogP contribution in [0, 0.1) is 0 Å². The molecule has 118 valence electrons. The number of carboxylic acid groups (broad SMARTS) is 1. The van der Waals surface area contributed by atoms with E-state index in [-0.39, 0.29) is 18.4 Å². The fourth-order valence-corrected chi connectivity index (χ4v) is 3.19. The topological polar surface area (TPSA) is 66.4 Å². The molecule has 23 heavy (non-hydrogen) atoms. The highest BCUT2D eigenvalue weighted by atomic mass is 16.4. The molecular formula is C19H19NO3. The number of aliphatic carboxylic acids is 1. The van der Waals surface area contributed by atoms with Crippen LogP contribution in [-0.2, 0) is 16.0 Å². The van der Waals surface area contributed by atoms with Gasteiger partial charge in [-0.3, -0.25) is 9.59 Å². The van der Waals surface area contributed by atoms with Gasteiger partial charge >= 0.3 is 5.97 Å². The van der Waals surface area contributed by atoms with Crippen LogP contribution in [0.5, 0.6) is 0 Å². The molecule has 0 aliphatic heterocycles. The molecule has 4 heteroatoms. The molecule has 2 N–H and O–H groups in total. The second-order valence-corrected chi connectivity index (χ2v) is 5.84. The lowest BCUT2D eigenvalue weighted by Gasteiger charge is -2.16. The van der Waals surface area contributed by atoms with Gasteiger partial charge in [-0.1, -0.05) is 54.6 Å². The lowest BCUT2D eigenvalue weighted by molar-refractivity contribution is -0.138. The highest BCUT2D eigenvalue weighted by Gasteiger charge is 2.29. The fraction of sp³-hybridized carbons (Fsp3) is 0.263. The largest absolute Gasteiger partial charge is 0.481 e. The van der Waals surface area contributed by atoms with Crippen molar-refractivity contribution in [3.63, 3.8) is 0 Å². The molecule has 2 unspecified atom stereocenters. The quantitative estimate of drug-likeness (QED) is 0.892. The fourth-order valence-electron chi connectivity index (χ4n) is 3.19. The van der Waals surface area contributed by atoms with E-state index in [4.69, 9.17) is 0 Å². The van der Waals surface area contributed by atoms with Crippen LogP contribution in [0.15, 0.2) is 54.6 Å². The number of fused-ring (bicyclic) bond motifs is 1. The SMILES string of the molecule is O=C(O)C(CNC(=O)C1CCc2ccccc21)c1ccccc1. The van der Waals surface area contributed by atoms with E-state index in [0.29, 0.717) is 5.56 Å². The molecule has 0 bridgehead atoms. The zero-order valence-electron chi connectivity index (χ0n) is 12.7. The summed E-state index contributed by atoms with van der Waals surface area (Å²) in [7, 11) is 0. The number of aryl methyl sites for hydroxylation is 1. The second-order valence-electron chi connectivity index (χ2n) is 5.84. The molecule has 2 atom stereocenters. The van der Waals surface area contributed by atoms with Crippen molar-refractivity contribution >= 4 is 11.9 Å². The molecule has 2 aromatic carbocycles. The standard InChI is InChI=1S/C19H19NO3/c21-18(16-11-10-14-8-4-5-9-15(14)16)20-12-17(19(22)23)13-6-2-1-3-7-13/h1-9,16-17H,10-12H2,(H,20,21)(H,22,23). The van der Waals surface area contributed by atoms with E-state index in [1.54, 1.807) is 24.3 Å². The normalized spacial score (nSPS) is 17.3. The van der Waals surface area contributed by atoms with Crippen molar-refractivity contribution in [3.05, 3.63) is 71.3 Å². The molecule has 0 radical (unpaired) electrons. The minimum Gasteiger partial charge on any atom is -0.481 e. The molecule has 1 amide bonds. The smallest absolute Gasteiger partial charge is 0.312 e. The Bertz CT molecular complexity index is 712. The number of nitrogens with one attached hydrogen (secondary N) is 1. The Hall–Kier alpha value is -2.62. The molecule has 0 saturated heterocycles. The van der Waals surface area contributed by atoms with Crippen molar-refractivity contribution in [3.8, 4) is 0 Å². The summed E-state index contributed by atoms with van der Waals surface area (Å²) in [5.74, 6) is -1.91. The Labute approximate surface area is 135 Å². The molecular weight excluding hydrogens is 290 g/mol. The summed E-state index contributed by atoms with van der Waals surface area (Å²) in [5.41, 5.74) is 2.98. The first kappa shape index (κ1) is 15.3. The Morgan fingerprint density at radius 1 is 1.09 bits per heavy atom. The Morgan fingerprint density at radius 2 is 1.78 bits per heavy atom. The van der Waals surface area contributed by atoms with Gasteiger partial charge in [-0.15, -0.1) is 0 Å². The van der Waals surface area contributed by atoms with E-state index in [0.717, 1.165) is 18.4 Å². The number of hydrogen-bond donors (Lipinski definition) is 2. The van der Waals surface area contributed by atoms with Crippen LogP contribution in [0.2, 0.25) is 0 Å². The number of hydrogen-bond acceptors (Lipinski definition) is 2. The molecule has 3 rings (SSSR count). The van der Waals surface area contributed by atoms with Gasteiger partial charge in [0.05, 0.1) is 11.8 Å². The molecule has 4 nitrogen and oxygen atoms in total. The van der Waals surface area contributed by atoms with E-state index >= 15 is 0 Å². The summed E-state index contributed by atoms with van der Waals surface area (Å²) >= 11 is 0. The summed E-state index contributed by atoms with van der Waals surface area (Å²) in [6, 6.07) is 17.0. The first-order chi connectivity index (χ1) is 11.2. The van der Waals surface area contributed by atoms with Gasteiger partial charge in [0.25, 0.3) is 0 Å². The molecule has 1 aliphatic carbocycles. The van der Waals surface area contributed by atoms with Crippen molar-refractivity contribution in [1.82, 2.24) is 5.32 Å². The highest BCUT2D eigenvalue weighted by Crippen LogP contribution is 2.32. The zero-order chi connectivity index (χ0) is 16.2. The summed E-state index contributed by atoms with van der Waals surface area (Å²) in [5, 5.41) is 12.2.